The zero-order valence-corrected chi connectivity index (χ0v) is 38.8. The summed E-state index contributed by atoms with van der Waals surface area (Å²) in [5.74, 6) is -7.95. The molecule has 0 aromatic heterocycles. The lowest BCUT2D eigenvalue weighted by atomic mass is 9.93. The summed E-state index contributed by atoms with van der Waals surface area (Å²) in [6.07, 6.45) is 5.54. The minimum Gasteiger partial charge on any atom is -0.345 e. The Hall–Kier alpha value is -0.470. The SMILES string of the molecule is CCCCCOC(OF)(OC(C)CC)C(OCCCC)(OCC(C)C)C(CCC(OCCC(C)C)(OCC(C)(C)C)OC(C)(C)CC)(OCCC)OC(C)C. The van der Waals surface area contributed by atoms with Gasteiger partial charge in [-0.1, -0.05) is 102 Å². The highest BCUT2D eigenvalue weighted by Gasteiger charge is 2.74. The van der Waals surface area contributed by atoms with Gasteiger partial charge in [-0.2, -0.15) is 0 Å². The van der Waals surface area contributed by atoms with Crippen LogP contribution in [-0.2, 0) is 47.6 Å². The van der Waals surface area contributed by atoms with Gasteiger partial charge in [0.2, 0.25) is 5.79 Å². The fourth-order valence-corrected chi connectivity index (χ4v) is 5.55. The average Bonchev–Trinajstić information content (AvgIpc) is 3.10. The molecular formula is C44H89FO10. The Bertz CT molecular complexity index is 959. The lowest BCUT2D eigenvalue weighted by Gasteiger charge is -2.55. The first kappa shape index (κ1) is 54.5. The normalized spacial score (nSPS) is 18.1. The summed E-state index contributed by atoms with van der Waals surface area (Å²) in [6, 6.07) is 0. The lowest BCUT2D eigenvalue weighted by molar-refractivity contribution is -0.590. The molecule has 55 heavy (non-hydrogen) atoms. The fourth-order valence-electron chi connectivity index (χ4n) is 5.55. The first-order chi connectivity index (χ1) is 25.6. The second-order valence-electron chi connectivity index (χ2n) is 18.1. The van der Waals surface area contributed by atoms with Gasteiger partial charge in [-0.05, 0) is 94.9 Å². The van der Waals surface area contributed by atoms with Gasteiger partial charge in [-0.15, -0.1) is 4.94 Å². The zero-order valence-electron chi connectivity index (χ0n) is 38.8. The minimum atomic E-state index is -2.57. The van der Waals surface area contributed by atoms with Crippen LogP contribution < -0.4 is 0 Å². The van der Waals surface area contributed by atoms with Crippen molar-refractivity contribution in [2.24, 2.45) is 17.3 Å². The van der Waals surface area contributed by atoms with Crippen molar-refractivity contribution in [1.29, 1.82) is 0 Å². The van der Waals surface area contributed by atoms with Crippen molar-refractivity contribution in [1.82, 2.24) is 0 Å². The van der Waals surface area contributed by atoms with E-state index in [9.17, 15) is 0 Å². The molecule has 0 aliphatic carbocycles. The Morgan fingerprint density at radius 3 is 1.71 bits per heavy atom. The molecule has 0 heterocycles. The number of hydrogen-bond donors (Lipinski definition) is 0. The summed E-state index contributed by atoms with van der Waals surface area (Å²) in [7, 11) is 0. The summed E-state index contributed by atoms with van der Waals surface area (Å²) < 4.78 is 77.7. The van der Waals surface area contributed by atoms with Gasteiger partial charge >= 0.3 is 11.8 Å². The molecule has 332 valence electrons. The van der Waals surface area contributed by atoms with E-state index >= 15 is 4.53 Å². The van der Waals surface area contributed by atoms with Gasteiger partial charge in [0.25, 0.3) is 5.97 Å². The third kappa shape index (κ3) is 19.0. The molecule has 0 bridgehead atoms. The quantitative estimate of drug-likeness (QED) is 0.0456. The van der Waals surface area contributed by atoms with Crippen molar-refractivity contribution in [2.45, 2.75) is 230 Å². The molecule has 0 saturated heterocycles. The Kier molecular flexibility index (Phi) is 26.4. The van der Waals surface area contributed by atoms with Crippen LogP contribution in [0, 0.1) is 17.3 Å². The smallest absolute Gasteiger partial charge is 0.345 e. The van der Waals surface area contributed by atoms with Gasteiger partial charge in [0.1, 0.15) is 0 Å². The maximum absolute atomic E-state index is 16.2. The van der Waals surface area contributed by atoms with Gasteiger partial charge in [-0.25, -0.2) is 0 Å². The average molecular weight is 797 g/mol. The van der Waals surface area contributed by atoms with Crippen molar-refractivity contribution >= 4 is 0 Å². The van der Waals surface area contributed by atoms with Crippen LogP contribution >= 0.6 is 0 Å². The third-order valence-electron chi connectivity index (χ3n) is 9.15. The molecular weight excluding hydrogens is 707 g/mol. The van der Waals surface area contributed by atoms with Crippen molar-refractivity contribution in [3.05, 3.63) is 0 Å². The van der Waals surface area contributed by atoms with Crippen molar-refractivity contribution in [3.8, 4) is 0 Å². The third-order valence-corrected chi connectivity index (χ3v) is 9.15. The van der Waals surface area contributed by atoms with Gasteiger partial charge in [0.15, 0.2) is 0 Å². The second-order valence-corrected chi connectivity index (χ2v) is 18.1. The van der Waals surface area contributed by atoms with Crippen LogP contribution in [0.4, 0.5) is 4.53 Å². The van der Waals surface area contributed by atoms with E-state index in [-0.39, 0.29) is 50.6 Å². The van der Waals surface area contributed by atoms with Crippen LogP contribution in [-0.4, -0.2) is 81.0 Å². The van der Waals surface area contributed by atoms with Gasteiger partial charge in [0.05, 0.1) is 50.8 Å². The van der Waals surface area contributed by atoms with E-state index in [0.29, 0.717) is 51.2 Å². The Labute approximate surface area is 338 Å². The van der Waals surface area contributed by atoms with E-state index in [1.165, 1.54) is 0 Å². The molecule has 0 aromatic rings. The van der Waals surface area contributed by atoms with E-state index in [0.717, 1.165) is 25.7 Å². The summed E-state index contributed by atoms with van der Waals surface area (Å²) in [5, 5.41) is 0. The molecule has 0 aromatic carbocycles. The minimum absolute atomic E-state index is 0.00564. The highest BCUT2D eigenvalue weighted by molar-refractivity contribution is 5.00. The molecule has 11 heteroatoms. The van der Waals surface area contributed by atoms with E-state index in [4.69, 9.17) is 47.6 Å². The van der Waals surface area contributed by atoms with Crippen LogP contribution in [0.1, 0.15) is 188 Å². The number of rotatable bonds is 35. The van der Waals surface area contributed by atoms with E-state index in [1.54, 1.807) is 0 Å². The highest BCUT2D eigenvalue weighted by atomic mass is 19.3. The lowest BCUT2D eigenvalue weighted by Crippen LogP contribution is -2.75. The monoisotopic (exact) mass is 797 g/mol. The molecule has 5 atom stereocenters. The summed E-state index contributed by atoms with van der Waals surface area (Å²) in [4.78, 5) is 5.05. The predicted molar refractivity (Wildman–Crippen MR) is 219 cm³/mol. The first-order valence-electron chi connectivity index (χ1n) is 21.8. The van der Waals surface area contributed by atoms with Crippen LogP contribution in [0.2, 0.25) is 0 Å². The maximum Gasteiger partial charge on any atom is 0.379 e. The standard InChI is InChI=1S/C44H89FO10/c1-18-23-25-31-49-44(55-45,53-38(12)21-4)43(48-30-24-19-2,50-33-36(8)9)41(46-29-20-3,52-37(10)11)27-28-42(47-32-26-35(6)7,51-34-39(13,14)15)54-40(16,17)22-5/h35-38H,18-34H2,1-17H3. The molecule has 0 spiro atoms. The topological polar surface area (TPSA) is 92.3 Å². The van der Waals surface area contributed by atoms with Gasteiger partial charge < -0.3 is 42.6 Å². The first-order valence-corrected chi connectivity index (χ1v) is 21.8. The van der Waals surface area contributed by atoms with Crippen LogP contribution in [0.5, 0.6) is 0 Å². The largest absolute Gasteiger partial charge is 0.379 e. The van der Waals surface area contributed by atoms with Crippen LogP contribution in [0.25, 0.3) is 0 Å². The Balaban J connectivity index is 8.40. The number of ether oxygens (including phenoxy) is 9. The molecule has 0 aliphatic rings. The molecule has 0 N–H and O–H groups in total. The van der Waals surface area contributed by atoms with Crippen molar-refractivity contribution < 1.29 is 52.1 Å². The molecule has 0 fully saturated rings. The van der Waals surface area contributed by atoms with Crippen molar-refractivity contribution in [2.75, 3.05) is 39.6 Å². The molecule has 0 aliphatic heterocycles. The number of hydrogen-bond acceptors (Lipinski definition) is 10. The van der Waals surface area contributed by atoms with Crippen LogP contribution in [0.3, 0.4) is 0 Å². The Morgan fingerprint density at radius 1 is 0.582 bits per heavy atom. The summed E-state index contributed by atoms with van der Waals surface area (Å²) in [6.45, 7) is 35.8. The van der Waals surface area contributed by atoms with E-state index in [1.807, 2.05) is 62.3 Å². The number of unbranched alkanes of at least 4 members (excludes halogenated alkanes) is 3. The predicted octanol–water partition coefficient (Wildman–Crippen LogP) is 12.1. The molecule has 10 nitrogen and oxygen atoms in total. The second kappa shape index (κ2) is 26.6. The van der Waals surface area contributed by atoms with E-state index in [2.05, 4.69) is 55.4 Å². The molecule has 0 radical (unpaired) electrons. The number of halogens is 1. The fraction of sp³-hybridized carbons (Fsp3) is 1.00. The molecule has 5 unspecified atom stereocenters. The summed E-state index contributed by atoms with van der Waals surface area (Å²) in [5.41, 5.74) is -0.865. The maximum atomic E-state index is 16.2. The van der Waals surface area contributed by atoms with Crippen molar-refractivity contribution in [3.63, 3.8) is 0 Å². The van der Waals surface area contributed by atoms with Gasteiger partial charge in [0, 0.05) is 19.4 Å². The summed E-state index contributed by atoms with van der Waals surface area (Å²) >= 11 is 0. The Morgan fingerprint density at radius 2 is 1.22 bits per heavy atom. The van der Waals surface area contributed by atoms with Gasteiger partial charge in [-0.3, -0.25) is 0 Å². The molecule has 0 rings (SSSR count). The zero-order chi connectivity index (χ0) is 42.4. The van der Waals surface area contributed by atoms with E-state index < -0.39 is 41.3 Å². The highest BCUT2D eigenvalue weighted by Crippen LogP contribution is 2.51. The van der Waals surface area contributed by atoms with Crippen LogP contribution in [0.15, 0.2) is 0 Å². The molecule has 0 amide bonds. The molecule has 0 saturated carbocycles.